The van der Waals surface area contributed by atoms with Crippen LogP contribution in [0.5, 0.6) is 5.75 Å². The Morgan fingerprint density at radius 2 is 2.08 bits per heavy atom. The van der Waals surface area contributed by atoms with Crippen LogP contribution in [0.15, 0.2) is 47.4 Å². The standard InChI is InChI=1S/C17H12N4O3S/c22-12-3-1-2-11(6-12)9-21-16(23)15(25-17(21)24)8-10-4-5-13-14(7-10)19-20-18-13/h1-8,22H,9H2,(H,18,19,20)/b15-8-. The number of amides is 2. The van der Waals surface area contributed by atoms with E-state index in [-0.39, 0.29) is 23.4 Å². The predicted octanol–water partition coefficient (Wildman–Crippen LogP) is 2.90. The first-order valence-corrected chi connectivity index (χ1v) is 8.26. The first kappa shape index (κ1) is 15.4. The summed E-state index contributed by atoms with van der Waals surface area (Å²) >= 11 is 0.902. The van der Waals surface area contributed by atoms with Gasteiger partial charge in [0.05, 0.1) is 17.0 Å². The Bertz CT molecular complexity index is 1030. The second-order valence-corrected chi connectivity index (χ2v) is 6.52. The maximum absolute atomic E-state index is 12.5. The van der Waals surface area contributed by atoms with Crippen molar-refractivity contribution in [3.05, 3.63) is 58.5 Å². The van der Waals surface area contributed by atoms with Crippen LogP contribution in [0.1, 0.15) is 11.1 Å². The first-order chi connectivity index (χ1) is 12.1. The predicted molar refractivity (Wildman–Crippen MR) is 93.5 cm³/mol. The van der Waals surface area contributed by atoms with Gasteiger partial charge in [0.1, 0.15) is 11.3 Å². The molecule has 2 aromatic carbocycles. The molecule has 0 atom stereocenters. The number of nitrogens with one attached hydrogen (secondary N) is 1. The van der Waals surface area contributed by atoms with E-state index in [0.29, 0.717) is 10.5 Å². The molecule has 0 saturated carbocycles. The van der Waals surface area contributed by atoms with E-state index in [1.165, 1.54) is 17.0 Å². The number of benzene rings is 2. The van der Waals surface area contributed by atoms with Crippen molar-refractivity contribution in [3.63, 3.8) is 0 Å². The van der Waals surface area contributed by atoms with Gasteiger partial charge in [-0.2, -0.15) is 0 Å². The van der Waals surface area contributed by atoms with Crippen molar-refractivity contribution in [2.75, 3.05) is 0 Å². The van der Waals surface area contributed by atoms with Crippen LogP contribution in [0.4, 0.5) is 4.79 Å². The van der Waals surface area contributed by atoms with Gasteiger partial charge in [-0.05, 0) is 53.2 Å². The number of aromatic hydroxyl groups is 1. The Hall–Kier alpha value is -3.13. The quantitative estimate of drug-likeness (QED) is 0.703. The van der Waals surface area contributed by atoms with Crippen molar-refractivity contribution in [3.8, 4) is 5.75 Å². The van der Waals surface area contributed by atoms with Crippen molar-refractivity contribution in [1.29, 1.82) is 0 Å². The zero-order chi connectivity index (χ0) is 17.4. The molecule has 0 spiro atoms. The molecule has 25 heavy (non-hydrogen) atoms. The van der Waals surface area contributed by atoms with Crippen molar-refractivity contribution in [2.24, 2.45) is 0 Å². The van der Waals surface area contributed by atoms with E-state index in [2.05, 4.69) is 15.4 Å². The molecule has 1 fully saturated rings. The summed E-state index contributed by atoms with van der Waals surface area (Å²) in [5, 5.41) is 19.6. The molecule has 0 bridgehead atoms. The van der Waals surface area contributed by atoms with Gasteiger partial charge in [-0.15, -0.1) is 5.10 Å². The molecule has 1 aliphatic heterocycles. The maximum atomic E-state index is 12.5. The number of H-pyrrole nitrogens is 1. The second-order valence-electron chi connectivity index (χ2n) is 5.53. The molecule has 8 heteroatoms. The molecule has 0 unspecified atom stereocenters. The van der Waals surface area contributed by atoms with Crippen molar-refractivity contribution in [2.45, 2.75) is 6.54 Å². The number of thioether (sulfide) groups is 1. The number of imide groups is 1. The fourth-order valence-electron chi connectivity index (χ4n) is 2.58. The number of aromatic amines is 1. The second kappa shape index (κ2) is 6.06. The molecule has 1 aromatic heterocycles. The number of aromatic nitrogens is 3. The van der Waals surface area contributed by atoms with Crippen LogP contribution in [0.25, 0.3) is 17.1 Å². The van der Waals surface area contributed by atoms with E-state index < -0.39 is 0 Å². The Morgan fingerprint density at radius 1 is 1.20 bits per heavy atom. The first-order valence-electron chi connectivity index (χ1n) is 7.44. The highest BCUT2D eigenvalue weighted by Gasteiger charge is 2.35. The molecule has 2 amide bonds. The van der Waals surface area contributed by atoms with E-state index in [1.54, 1.807) is 24.3 Å². The van der Waals surface area contributed by atoms with Gasteiger partial charge >= 0.3 is 0 Å². The van der Waals surface area contributed by atoms with Gasteiger partial charge in [0.2, 0.25) is 0 Å². The Labute approximate surface area is 146 Å². The lowest BCUT2D eigenvalue weighted by atomic mass is 10.1. The van der Waals surface area contributed by atoms with Crippen LogP contribution in [0.3, 0.4) is 0 Å². The van der Waals surface area contributed by atoms with E-state index in [4.69, 9.17) is 0 Å². The summed E-state index contributed by atoms with van der Waals surface area (Å²) in [6, 6.07) is 11.9. The summed E-state index contributed by atoms with van der Waals surface area (Å²) in [5.74, 6) is -0.248. The highest BCUT2D eigenvalue weighted by atomic mass is 32.2. The monoisotopic (exact) mass is 352 g/mol. The van der Waals surface area contributed by atoms with Crippen LogP contribution >= 0.6 is 11.8 Å². The number of phenols is 1. The highest BCUT2D eigenvalue weighted by Crippen LogP contribution is 2.33. The van der Waals surface area contributed by atoms with Gasteiger partial charge in [0.15, 0.2) is 0 Å². The molecule has 124 valence electrons. The minimum Gasteiger partial charge on any atom is -0.508 e. The summed E-state index contributed by atoms with van der Waals surface area (Å²) in [6.07, 6.45) is 1.67. The molecule has 2 N–H and O–H groups in total. The van der Waals surface area contributed by atoms with Crippen LogP contribution in [-0.2, 0) is 11.3 Å². The fourth-order valence-corrected chi connectivity index (χ4v) is 3.42. The van der Waals surface area contributed by atoms with Gasteiger partial charge in [-0.25, -0.2) is 0 Å². The smallest absolute Gasteiger partial charge is 0.293 e. The van der Waals surface area contributed by atoms with E-state index in [9.17, 15) is 14.7 Å². The molecule has 0 radical (unpaired) electrons. The number of fused-ring (bicyclic) bond motifs is 1. The third-order valence-corrected chi connectivity index (χ3v) is 4.68. The minimum atomic E-state index is -0.346. The number of hydrogen-bond acceptors (Lipinski definition) is 6. The number of rotatable bonds is 3. The topological polar surface area (TPSA) is 99.2 Å². The van der Waals surface area contributed by atoms with E-state index >= 15 is 0 Å². The van der Waals surface area contributed by atoms with Crippen molar-refractivity contribution >= 4 is 40.0 Å². The zero-order valence-corrected chi connectivity index (χ0v) is 13.7. The number of nitrogens with zero attached hydrogens (tertiary/aromatic N) is 3. The Morgan fingerprint density at radius 3 is 2.92 bits per heavy atom. The van der Waals surface area contributed by atoms with Crippen molar-refractivity contribution < 1.29 is 14.7 Å². The third-order valence-electron chi connectivity index (χ3n) is 3.77. The van der Waals surface area contributed by atoms with E-state index in [0.717, 1.165) is 28.4 Å². The van der Waals surface area contributed by atoms with Crippen LogP contribution in [0.2, 0.25) is 0 Å². The molecule has 1 aliphatic rings. The van der Waals surface area contributed by atoms with Crippen LogP contribution in [0, 0.1) is 0 Å². The Balaban J connectivity index is 1.59. The summed E-state index contributed by atoms with van der Waals surface area (Å²) in [4.78, 5) is 26.3. The number of hydrogen-bond donors (Lipinski definition) is 2. The normalized spacial score (nSPS) is 16.3. The third kappa shape index (κ3) is 2.99. The molecule has 1 saturated heterocycles. The molecule has 4 rings (SSSR count). The minimum absolute atomic E-state index is 0.0986. The lowest BCUT2D eigenvalue weighted by molar-refractivity contribution is -0.123. The molecule has 3 aromatic rings. The van der Waals surface area contributed by atoms with Gasteiger partial charge in [0.25, 0.3) is 11.1 Å². The molecule has 2 heterocycles. The average Bonchev–Trinajstić information content (AvgIpc) is 3.15. The number of phenolic OH excluding ortho intramolecular Hbond substituents is 1. The SMILES string of the molecule is O=C1S/C(=C\c2ccc3nn[nH]c3c2)C(=O)N1Cc1cccc(O)c1. The van der Waals surface area contributed by atoms with Crippen molar-refractivity contribution in [1.82, 2.24) is 20.3 Å². The molecular formula is C17H12N4O3S. The molecule has 7 nitrogen and oxygen atoms in total. The average molecular weight is 352 g/mol. The lowest BCUT2D eigenvalue weighted by Gasteiger charge is -2.12. The largest absolute Gasteiger partial charge is 0.508 e. The lowest BCUT2D eigenvalue weighted by Crippen LogP contribution is -2.27. The fraction of sp³-hybridized carbons (Fsp3) is 0.0588. The zero-order valence-electron chi connectivity index (χ0n) is 12.8. The van der Waals surface area contributed by atoms with Gasteiger partial charge in [0, 0.05) is 0 Å². The van der Waals surface area contributed by atoms with Crippen LogP contribution in [-0.4, -0.2) is 36.6 Å². The van der Waals surface area contributed by atoms with Gasteiger partial charge in [-0.3, -0.25) is 19.6 Å². The Kier molecular flexibility index (Phi) is 3.73. The summed E-state index contributed by atoms with van der Waals surface area (Å²) < 4.78 is 0. The summed E-state index contributed by atoms with van der Waals surface area (Å²) in [6.45, 7) is 0.125. The summed E-state index contributed by atoms with van der Waals surface area (Å²) in [7, 11) is 0. The highest BCUT2D eigenvalue weighted by molar-refractivity contribution is 8.18. The molecular weight excluding hydrogens is 340 g/mol. The van der Waals surface area contributed by atoms with Gasteiger partial charge < -0.3 is 5.11 Å². The van der Waals surface area contributed by atoms with Crippen LogP contribution < -0.4 is 0 Å². The maximum Gasteiger partial charge on any atom is 0.293 e. The summed E-state index contributed by atoms with van der Waals surface area (Å²) in [5.41, 5.74) is 2.96. The number of carbonyl (C=O) groups is 2. The van der Waals surface area contributed by atoms with Gasteiger partial charge in [-0.1, -0.05) is 23.4 Å². The van der Waals surface area contributed by atoms with E-state index in [1.807, 2.05) is 12.1 Å². The number of carbonyl (C=O) groups excluding carboxylic acids is 2. The molecule has 0 aliphatic carbocycles.